The fraction of sp³-hybridized carbons (Fsp3) is 0.250. The average molecular weight is 166 g/mol. The number of aromatic nitrogens is 2. The van der Waals surface area contributed by atoms with Gasteiger partial charge >= 0.3 is 0 Å². The second kappa shape index (κ2) is 4.03. The minimum Gasteiger partial charge on any atom is -0.244 e. The van der Waals surface area contributed by atoms with Crippen LogP contribution in [0.3, 0.4) is 0 Å². The summed E-state index contributed by atoms with van der Waals surface area (Å²) in [5, 5.41) is 5.18. The lowest BCUT2D eigenvalue weighted by Crippen LogP contribution is -1.72. The van der Waals surface area contributed by atoms with Crippen molar-refractivity contribution in [2.75, 3.05) is 0 Å². The Morgan fingerprint density at radius 3 is 2.82 bits per heavy atom. The smallest absolute Gasteiger partial charge is 0.116 e. The van der Waals surface area contributed by atoms with Crippen LogP contribution in [0.25, 0.3) is 10.9 Å². The number of hydrogen-bond donors (Lipinski definition) is 0. The van der Waals surface area contributed by atoms with E-state index in [1.807, 2.05) is 30.8 Å². The largest absolute Gasteiger partial charge is 0.244 e. The zero-order chi connectivity index (χ0) is 8.10. The van der Waals surface area contributed by atoms with Crippen LogP contribution >= 0.6 is 11.3 Å². The molecule has 0 saturated carbocycles. The van der Waals surface area contributed by atoms with Crippen LogP contribution in [0.1, 0.15) is 13.8 Å². The molecule has 11 heavy (non-hydrogen) atoms. The van der Waals surface area contributed by atoms with Crippen LogP contribution in [0.2, 0.25) is 0 Å². The first-order valence-electron chi connectivity index (χ1n) is 3.59. The third kappa shape index (κ3) is 1.74. The van der Waals surface area contributed by atoms with Crippen molar-refractivity contribution in [1.82, 2.24) is 9.97 Å². The van der Waals surface area contributed by atoms with Gasteiger partial charge in [0.15, 0.2) is 0 Å². The fourth-order valence-electron chi connectivity index (χ4n) is 0.711. The van der Waals surface area contributed by atoms with E-state index >= 15 is 0 Å². The van der Waals surface area contributed by atoms with E-state index in [1.165, 1.54) is 0 Å². The standard InChI is InChI=1S/C6H4N2S.C2H6/c1-5-2-9-3-6(5)8-4-7-1;1-2/h1-4H;1-2H3. The highest BCUT2D eigenvalue weighted by Gasteiger charge is 1.90. The molecule has 2 nitrogen and oxygen atoms in total. The Morgan fingerprint density at radius 1 is 1.27 bits per heavy atom. The monoisotopic (exact) mass is 166 g/mol. The van der Waals surface area contributed by atoms with Crippen molar-refractivity contribution >= 4 is 22.2 Å². The molecule has 0 saturated heterocycles. The van der Waals surface area contributed by atoms with Gasteiger partial charge in [-0.15, -0.1) is 11.3 Å². The van der Waals surface area contributed by atoms with Gasteiger partial charge in [0.1, 0.15) is 6.33 Å². The van der Waals surface area contributed by atoms with Gasteiger partial charge in [-0.05, 0) is 0 Å². The minimum atomic E-state index is 1.04. The zero-order valence-corrected chi connectivity index (χ0v) is 7.43. The van der Waals surface area contributed by atoms with Gasteiger partial charge in [0.2, 0.25) is 0 Å². The van der Waals surface area contributed by atoms with Gasteiger partial charge in [-0.25, -0.2) is 9.97 Å². The summed E-state index contributed by atoms with van der Waals surface area (Å²) in [6.07, 6.45) is 3.38. The summed E-state index contributed by atoms with van der Waals surface area (Å²) < 4.78 is 0. The normalized spacial score (nSPS) is 8.91. The molecule has 3 heteroatoms. The van der Waals surface area contributed by atoms with Crippen molar-refractivity contribution < 1.29 is 0 Å². The number of fused-ring (bicyclic) bond motifs is 1. The van der Waals surface area contributed by atoms with Crippen molar-refractivity contribution in [2.45, 2.75) is 13.8 Å². The van der Waals surface area contributed by atoms with E-state index in [4.69, 9.17) is 0 Å². The second-order valence-electron chi connectivity index (χ2n) is 1.74. The van der Waals surface area contributed by atoms with E-state index in [-0.39, 0.29) is 0 Å². The molecule has 0 radical (unpaired) electrons. The summed E-state index contributed by atoms with van der Waals surface area (Å²) in [4.78, 5) is 7.92. The van der Waals surface area contributed by atoms with Crippen LogP contribution in [-0.4, -0.2) is 9.97 Å². The molecule has 0 unspecified atom stereocenters. The van der Waals surface area contributed by atoms with E-state index in [0.717, 1.165) is 10.9 Å². The fourth-order valence-corrected chi connectivity index (χ4v) is 1.43. The van der Waals surface area contributed by atoms with Crippen LogP contribution in [0.4, 0.5) is 0 Å². The highest BCUT2D eigenvalue weighted by Crippen LogP contribution is 2.13. The Bertz CT molecular complexity index is 286. The van der Waals surface area contributed by atoms with Gasteiger partial charge in [-0.1, -0.05) is 13.8 Å². The molecule has 0 aliphatic rings. The Hall–Kier alpha value is -0.960. The summed E-state index contributed by atoms with van der Waals surface area (Å²) in [6.45, 7) is 4.00. The number of rotatable bonds is 0. The molecular formula is C8H10N2S. The van der Waals surface area contributed by atoms with Crippen LogP contribution in [0.15, 0.2) is 23.3 Å². The van der Waals surface area contributed by atoms with Crippen LogP contribution in [0.5, 0.6) is 0 Å². The van der Waals surface area contributed by atoms with Gasteiger partial charge in [-0.2, -0.15) is 0 Å². The first-order valence-corrected chi connectivity index (χ1v) is 4.53. The topological polar surface area (TPSA) is 25.8 Å². The predicted octanol–water partition coefficient (Wildman–Crippen LogP) is 2.72. The first kappa shape index (κ1) is 8.14. The lowest BCUT2D eigenvalue weighted by Gasteiger charge is -1.81. The Labute approximate surface area is 69.9 Å². The summed E-state index contributed by atoms with van der Waals surface area (Å²) >= 11 is 1.65. The van der Waals surface area contributed by atoms with Crippen LogP contribution < -0.4 is 0 Å². The minimum absolute atomic E-state index is 1.04. The molecule has 0 amide bonds. The number of nitrogens with zero attached hydrogens (tertiary/aromatic N) is 2. The molecule has 0 aliphatic carbocycles. The Morgan fingerprint density at radius 2 is 2.09 bits per heavy atom. The van der Waals surface area contributed by atoms with Crippen molar-refractivity contribution in [1.29, 1.82) is 0 Å². The van der Waals surface area contributed by atoms with Gasteiger partial charge < -0.3 is 0 Å². The number of hydrogen-bond acceptors (Lipinski definition) is 3. The SMILES string of the molecule is CC.c1ncc2cscc2n1. The zero-order valence-electron chi connectivity index (χ0n) is 6.61. The summed E-state index contributed by atoms with van der Waals surface area (Å²) in [6, 6.07) is 0. The highest BCUT2D eigenvalue weighted by molar-refractivity contribution is 7.09. The predicted molar refractivity (Wildman–Crippen MR) is 48.8 cm³/mol. The maximum Gasteiger partial charge on any atom is 0.116 e. The van der Waals surface area contributed by atoms with Crippen molar-refractivity contribution in [3.63, 3.8) is 0 Å². The van der Waals surface area contributed by atoms with E-state index in [0.29, 0.717) is 0 Å². The molecule has 2 aromatic heterocycles. The van der Waals surface area contributed by atoms with E-state index in [2.05, 4.69) is 9.97 Å². The molecule has 2 aromatic rings. The lowest BCUT2D eigenvalue weighted by molar-refractivity contribution is 1.23. The molecule has 0 atom stereocenters. The molecule has 0 bridgehead atoms. The molecule has 0 aromatic carbocycles. The molecule has 2 heterocycles. The number of thiophene rings is 1. The average Bonchev–Trinajstić information content (AvgIpc) is 2.55. The first-order chi connectivity index (χ1) is 5.47. The molecule has 0 N–H and O–H groups in total. The van der Waals surface area contributed by atoms with Crippen molar-refractivity contribution in [3.8, 4) is 0 Å². The summed E-state index contributed by atoms with van der Waals surface area (Å²) in [5.74, 6) is 0. The van der Waals surface area contributed by atoms with E-state index in [1.54, 1.807) is 17.7 Å². The van der Waals surface area contributed by atoms with Gasteiger partial charge in [0.05, 0.1) is 5.52 Å². The summed E-state index contributed by atoms with van der Waals surface area (Å²) in [7, 11) is 0. The van der Waals surface area contributed by atoms with Gasteiger partial charge in [0.25, 0.3) is 0 Å². The van der Waals surface area contributed by atoms with Crippen molar-refractivity contribution in [3.05, 3.63) is 23.3 Å². The molecule has 2 rings (SSSR count). The Kier molecular flexibility index (Phi) is 2.98. The quantitative estimate of drug-likeness (QED) is 0.601. The molecule has 0 fully saturated rings. The van der Waals surface area contributed by atoms with Crippen LogP contribution in [0, 0.1) is 0 Å². The van der Waals surface area contributed by atoms with Gasteiger partial charge in [0, 0.05) is 22.3 Å². The molecule has 0 spiro atoms. The van der Waals surface area contributed by atoms with Crippen molar-refractivity contribution in [2.24, 2.45) is 0 Å². The van der Waals surface area contributed by atoms with E-state index < -0.39 is 0 Å². The Balaban J connectivity index is 0.000000281. The lowest BCUT2D eigenvalue weighted by atomic mass is 10.4. The molecular weight excluding hydrogens is 156 g/mol. The summed E-state index contributed by atoms with van der Waals surface area (Å²) in [5.41, 5.74) is 1.04. The third-order valence-electron chi connectivity index (χ3n) is 1.15. The second-order valence-corrected chi connectivity index (χ2v) is 2.48. The molecule has 58 valence electrons. The van der Waals surface area contributed by atoms with E-state index in [9.17, 15) is 0 Å². The maximum absolute atomic E-state index is 4.04. The van der Waals surface area contributed by atoms with Gasteiger partial charge in [-0.3, -0.25) is 0 Å². The maximum atomic E-state index is 4.04. The van der Waals surface area contributed by atoms with Crippen LogP contribution in [-0.2, 0) is 0 Å². The third-order valence-corrected chi connectivity index (χ3v) is 1.90. The molecule has 0 aliphatic heterocycles. The highest BCUT2D eigenvalue weighted by atomic mass is 32.1.